The fourth-order valence-corrected chi connectivity index (χ4v) is 4.79. The molecule has 7 N–H and O–H groups in total. The van der Waals surface area contributed by atoms with E-state index in [1.165, 1.54) is 19.3 Å². The van der Waals surface area contributed by atoms with Gasteiger partial charge in [-0.3, -0.25) is 15.0 Å². The largest absolute Gasteiger partial charge is 0.370 e. The number of carbonyl (C=O) groups is 2. The van der Waals surface area contributed by atoms with Gasteiger partial charge in [0, 0.05) is 25.6 Å². The number of guanidine groups is 1. The molecule has 0 radical (unpaired) electrons. The van der Waals surface area contributed by atoms with Crippen molar-refractivity contribution in [3.63, 3.8) is 0 Å². The predicted octanol–water partition coefficient (Wildman–Crippen LogP) is 1.49. The number of benzene rings is 1. The Bertz CT molecular complexity index is 757. The molecule has 32 heavy (non-hydrogen) atoms. The molecule has 3 rings (SSSR count). The summed E-state index contributed by atoms with van der Waals surface area (Å²) in [5.41, 5.74) is 12.8. The summed E-state index contributed by atoms with van der Waals surface area (Å²) in [6.45, 7) is 1.28. The third-order valence-corrected chi connectivity index (χ3v) is 6.75. The second kappa shape index (κ2) is 11.9. The molecule has 1 saturated heterocycles. The molecule has 2 atom stereocenters. The topological polar surface area (TPSA) is 137 Å². The highest BCUT2D eigenvalue weighted by Gasteiger charge is 2.29. The molecular formula is C24H38N6O2. The average Bonchev–Trinajstić information content (AvgIpc) is 2.80. The van der Waals surface area contributed by atoms with Crippen molar-refractivity contribution in [2.45, 2.75) is 75.9 Å². The van der Waals surface area contributed by atoms with Crippen LogP contribution in [0.2, 0.25) is 0 Å². The van der Waals surface area contributed by atoms with Gasteiger partial charge in [0.05, 0.1) is 6.04 Å². The van der Waals surface area contributed by atoms with Crippen LogP contribution in [0.15, 0.2) is 30.3 Å². The lowest BCUT2D eigenvalue weighted by Crippen LogP contribution is -2.56. The lowest BCUT2D eigenvalue weighted by atomic mass is 9.85. The molecule has 8 nitrogen and oxygen atoms in total. The zero-order valence-corrected chi connectivity index (χ0v) is 18.9. The van der Waals surface area contributed by atoms with Crippen LogP contribution in [0.1, 0.15) is 56.9 Å². The number of rotatable bonds is 8. The zero-order valence-electron chi connectivity index (χ0n) is 18.9. The van der Waals surface area contributed by atoms with Crippen LogP contribution in [0.25, 0.3) is 0 Å². The molecule has 0 bridgehead atoms. The predicted molar refractivity (Wildman–Crippen MR) is 126 cm³/mol. The van der Waals surface area contributed by atoms with Crippen molar-refractivity contribution in [2.24, 2.45) is 17.4 Å². The third kappa shape index (κ3) is 7.22. The summed E-state index contributed by atoms with van der Waals surface area (Å²) in [5.74, 6) is 0.125. The van der Waals surface area contributed by atoms with Crippen molar-refractivity contribution < 1.29 is 9.59 Å². The minimum Gasteiger partial charge on any atom is -0.370 e. The monoisotopic (exact) mass is 442 g/mol. The summed E-state index contributed by atoms with van der Waals surface area (Å²) in [5, 5.41) is 13.6. The van der Waals surface area contributed by atoms with Crippen LogP contribution in [0, 0.1) is 11.3 Å². The third-order valence-electron chi connectivity index (χ3n) is 6.75. The van der Waals surface area contributed by atoms with Crippen LogP contribution in [0.4, 0.5) is 0 Å². The van der Waals surface area contributed by atoms with Crippen LogP contribution < -0.4 is 22.1 Å². The normalized spacial score (nSPS) is 19.7. The molecule has 1 aromatic carbocycles. The molecule has 0 spiro atoms. The first-order valence-electron chi connectivity index (χ1n) is 11.9. The Morgan fingerprint density at radius 3 is 2.31 bits per heavy atom. The van der Waals surface area contributed by atoms with Gasteiger partial charge < -0.3 is 27.0 Å². The number of likely N-dealkylation sites (tertiary alicyclic amines) is 1. The number of hydrogen-bond acceptors (Lipinski definition) is 4. The standard InChI is InChI=1S/C24H38N6O2/c25-20(15-17-7-3-1-4-8-17)22(31)29-21(16-18-9-5-2-6-10-18)23(32)28-19-11-13-30(14-12-19)24(26)27/h2,5-6,9-10,17,19-21H,1,3-4,7-8,11-16,25H2,(H3,26,27)(H,28,32)(H,29,31)/t20-,21+/m1/s1. The van der Waals surface area contributed by atoms with Gasteiger partial charge in [-0.05, 0) is 30.7 Å². The quantitative estimate of drug-likeness (QED) is 0.307. The van der Waals surface area contributed by atoms with E-state index in [1.807, 2.05) is 30.3 Å². The summed E-state index contributed by atoms with van der Waals surface area (Å²) < 4.78 is 0. The fourth-order valence-electron chi connectivity index (χ4n) is 4.79. The van der Waals surface area contributed by atoms with E-state index in [9.17, 15) is 9.59 Å². The van der Waals surface area contributed by atoms with Crippen molar-refractivity contribution in [2.75, 3.05) is 13.1 Å². The van der Waals surface area contributed by atoms with Gasteiger partial charge in [-0.25, -0.2) is 0 Å². The maximum Gasteiger partial charge on any atom is 0.243 e. The highest BCUT2D eigenvalue weighted by molar-refractivity contribution is 5.90. The lowest BCUT2D eigenvalue weighted by Gasteiger charge is -2.33. The van der Waals surface area contributed by atoms with E-state index in [2.05, 4.69) is 10.6 Å². The van der Waals surface area contributed by atoms with E-state index in [0.29, 0.717) is 31.8 Å². The molecule has 2 amide bonds. The molecule has 1 aliphatic carbocycles. The van der Waals surface area contributed by atoms with E-state index in [0.717, 1.165) is 31.2 Å². The van der Waals surface area contributed by atoms with E-state index >= 15 is 0 Å². The van der Waals surface area contributed by atoms with E-state index in [-0.39, 0.29) is 23.8 Å². The van der Waals surface area contributed by atoms with Crippen LogP contribution in [-0.4, -0.2) is 53.9 Å². The van der Waals surface area contributed by atoms with Crippen LogP contribution in [-0.2, 0) is 16.0 Å². The minimum atomic E-state index is -0.673. The van der Waals surface area contributed by atoms with Gasteiger partial charge in [0.25, 0.3) is 0 Å². The summed E-state index contributed by atoms with van der Waals surface area (Å²) in [7, 11) is 0. The minimum absolute atomic E-state index is 0.00388. The summed E-state index contributed by atoms with van der Waals surface area (Å²) in [4.78, 5) is 27.8. The van der Waals surface area contributed by atoms with Crippen molar-refractivity contribution in [3.05, 3.63) is 35.9 Å². The molecule has 1 saturated carbocycles. The molecule has 8 heteroatoms. The Morgan fingerprint density at radius 1 is 1.03 bits per heavy atom. The molecule has 176 valence electrons. The first kappa shape index (κ1) is 24.0. The number of amides is 2. The Morgan fingerprint density at radius 2 is 1.69 bits per heavy atom. The van der Waals surface area contributed by atoms with E-state index in [4.69, 9.17) is 16.9 Å². The maximum absolute atomic E-state index is 13.1. The molecule has 0 unspecified atom stereocenters. The van der Waals surface area contributed by atoms with Crippen LogP contribution in [0.3, 0.4) is 0 Å². The summed E-state index contributed by atoms with van der Waals surface area (Å²) in [6.07, 6.45) is 8.48. The Hall–Kier alpha value is -2.61. The van der Waals surface area contributed by atoms with Gasteiger partial charge in [-0.15, -0.1) is 0 Å². The zero-order chi connectivity index (χ0) is 22.9. The van der Waals surface area contributed by atoms with Gasteiger partial charge in [-0.1, -0.05) is 62.4 Å². The number of piperidine rings is 1. The van der Waals surface area contributed by atoms with Crippen molar-refractivity contribution in [1.29, 1.82) is 5.41 Å². The Labute approximate surface area is 191 Å². The molecule has 2 aliphatic rings. The van der Waals surface area contributed by atoms with Crippen molar-refractivity contribution in [1.82, 2.24) is 15.5 Å². The number of nitrogens with zero attached hydrogens (tertiary/aromatic N) is 1. The smallest absolute Gasteiger partial charge is 0.243 e. The van der Waals surface area contributed by atoms with Crippen LogP contribution >= 0.6 is 0 Å². The average molecular weight is 443 g/mol. The van der Waals surface area contributed by atoms with Crippen LogP contribution in [0.5, 0.6) is 0 Å². The Balaban J connectivity index is 1.59. The van der Waals surface area contributed by atoms with E-state index < -0.39 is 12.1 Å². The number of nitrogens with one attached hydrogen (secondary N) is 3. The van der Waals surface area contributed by atoms with Gasteiger partial charge >= 0.3 is 0 Å². The second-order valence-corrected chi connectivity index (χ2v) is 9.25. The van der Waals surface area contributed by atoms with Crippen molar-refractivity contribution >= 4 is 17.8 Å². The number of carbonyl (C=O) groups excluding carboxylic acids is 2. The SMILES string of the molecule is N=C(N)N1CCC(NC(=O)[C@H](Cc2ccccc2)NC(=O)[C@H](N)CC2CCCCC2)CC1. The summed E-state index contributed by atoms with van der Waals surface area (Å²) >= 11 is 0. The molecule has 1 aromatic rings. The number of hydrogen-bond donors (Lipinski definition) is 5. The number of nitrogens with two attached hydrogens (primary N) is 2. The maximum atomic E-state index is 13.1. The fraction of sp³-hybridized carbons (Fsp3) is 0.625. The molecule has 1 heterocycles. The molecular weight excluding hydrogens is 404 g/mol. The van der Waals surface area contributed by atoms with Gasteiger partial charge in [0.15, 0.2) is 5.96 Å². The lowest BCUT2D eigenvalue weighted by molar-refractivity contribution is -0.130. The molecule has 1 aliphatic heterocycles. The first-order valence-corrected chi connectivity index (χ1v) is 11.9. The summed E-state index contributed by atoms with van der Waals surface area (Å²) in [6, 6.07) is 8.44. The van der Waals surface area contributed by atoms with Crippen molar-refractivity contribution in [3.8, 4) is 0 Å². The van der Waals surface area contributed by atoms with Gasteiger partial charge in [0.2, 0.25) is 11.8 Å². The highest BCUT2D eigenvalue weighted by atomic mass is 16.2. The molecule has 2 fully saturated rings. The van der Waals surface area contributed by atoms with E-state index in [1.54, 1.807) is 4.90 Å². The van der Waals surface area contributed by atoms with Gasteiger partial charge in [0.1, 0.15) is 6.04 Å². The Kier molecular flexibility index (Phi) is 8.90. The highest BCUT2D eigenvalue weighted by Crippen LogP contribution is 2.27. The first-order chi connectivity index (χ1) is 15.4. The molecule has 0 aromatic heterocycles. The van der Waals surface area contributed by atoms with Gasteiger partial charge in [-0.2, -0.15) is 0 Å². The second-order valence-electron chi connectivity index (χ2n) is 9.25.